The SMILES string of the molecule is Cc1cc(C(C)(C)C)nc(C2CN(C)CCN2)n1. The second kappa shape index (κ2) is 4.94. The van der Waals surface area contributed by atoms with Gasteiger partial charge < -0.3 is 10.2 Å². The van der Waals surface area contributed by atoms with E-state index >= 15 is 0 Å². The van der Waals surface area contributed by atoms with Crippen molar-refractivity contribution in [2.45, 2.75) is 39.2 Å². The van der Waals surface area contributed by atoms with E-state index in [4.69, 9.17) is 4.98 Å². The lowest BCUT2D eigenvalue weighted by Gasteiger charge is -2.30. The first-order chi connectivity index (χ1) is 8.36. The predicted molar refractivity (Wildman–Crippen MR) is 73.7 cm³/mol. The van der Waals surface area contributed by atoms with Gasteiger partial charge in [-0.3, -0.25) is 0 Å². The molecule has 1 aromatic rings. The Morgan fingerprint density at radius 2 is 2.06 bits per heavy atom. The lowest BCUT2D eigenvalue weighted by atomic mass is 9.91. The molecule has 1 fully saturated rings. The Kier molecular flexibility index (Phi) is 3.69. The van der Waals surface area contributed by atoms with E-state index in [0.29, 0.717) is 0 Å². The molecule has 0 aromatic carbocycles. The van der Waals surface area contributed by atoms with Gasteiger partial charge in [-0.1, -0.05) is 20.8 Å². The Hall–Kier alpha value is -1.00. The van der Waals surface area contributed by atoms with Crippen LogP contribution in [0.1, 0.15) is 44.0 Å². The molecule has 100 valence electrons. The number of hydrogen-bond donors (Lipinski definition) is 1. The normalized spacial score (nSPS) is 22.2. The highest BCUT2D eigenvalue weighted by molar-refractivity contribution is 5.18. The average molecular weight is 248 g/mol. The minimum atomic E-state index is 0.0724. The molecular weight excluding hydrogens is 224 g/mol. The van der Waals surface area contributed by atoms with Crippen molar-refractivity contribution < 1.29 is 0 Å². The summed E-state index contributed by atoms with van der Waals surface area (Å²) in [4.78, 5) is 11.7. The molecule has 1 aromatic heterocycles. The number of nitrogens with one attached hydrogen (secondary N) is 1. The Balaban J connectivity index is 2.30. The Bertz CT molecular complexity index is 422. The van der Waals surface area contributed by atoms with Crippen molar-refractivity contribution in [1.29, 1.82) is 0 Å². The minimum Gasteiger partial charge on any atom is -0.305 e. The van der Waals surface area contributed by atoms with Crippen molar-refractivity contribution in [2.24, 2.45) is 0 Å². The van der Waals surface area contributed by atoms with Gasteiger partial charge in [0.1, 0.15) is 5.82 Å². The molecule has 0 spiro atoms. The van der Waals surface area contributed by atoms with E-state index in [2.05, 4.69) is 49.1 Å². The van der Waals surface area contributed by atoms with Crippen LogP contribution in [0.15, 0.2) is 6.07 Å². The standard InChI is InChI=1S/C14H24N4/c1-10-8-12(14(2,3)4)17-13(16-10)11-9-18(5)7-6-15-11/h8,11,15H,6-7,9H2,1-5H3. The van der Waals surface area contributed by atoms with Gasteiger partial charge in [-0.05, 0) is 20.0 Å². The number of piperazine rings is 1. The molecule has 4 nitrogen and oxygen atoms in total. The van der Waals surface area contributed by atoms with Crippen molar-refractivity contribution in [3.63, 3.8) is 0 Å². The third-order valence-corrected chi connectivity index (χ3v) is 3.33. The van der Waals surface area contributed by atoms with Crippen LogP contribution in [-0.2, 0) is 5.41 Å². The Labute approximate surface area is 110 Å². The first kappa shape index (κ1) is 13.4. The Morgan fingerprint density at radius 3 is 2.67 bits per heavy atom. The molecule has 0 saturated carbocycles. The summed E-state index contributed by atoms with van der Waals surface area (Å²) in [7, 11) is 2.15. The fourth-order valence-electron chi connectivity index (χ4n) is 2.20. The highest BCUT2D eigenvalue weighted by atomic mass is 15.2. The van der Waals surface area contributed by atoms with E-state index < -0.39 is 0 Å². The van der Waals surface area contributed by atoms with Crippen molar-refractivity contribution in [3.8, 4) is 0 Å². The molecule has 1 unspecified atom stereocenters. The highest BCUT2D eigenvalue weighted by Crippen LogP contribution is 2.22. The van der Waals surface area contributed by atoms with Crippen molar-refractivity contribution in [3.05, 3.63) is 23.3 Å². The van der Waals surface area contributed by atoms with E-state index in [0.717, 1.165) is 36.8 Å². The molecule has 0 radical (unpaired) electrons. The van der Waals surface area contributed by atoms with E-state index in [9.17, 15) is 0 Å². The molecule has 1 atom stereocenters. The topological polar surface area (TPSA) is 41.1 Å². The van der Waals surface area contributed by atoms with Gasteiger partial charge in [0.15, 0.2) is 0 Å². The molecule has 0 aliphatic carbocycles. The molecule has 18 heavy (non-hydrogen) atoms. The second-order valence-electron chi connectivity index (χ2n) is 6.27. The number of aryl methyl sites for hydroxylation is 1. The fraction of sp³-hybridized carbons (Fsp3) is 0.714. The second-order valence-corrected chi connectivity index (χ2v) is 6.27. The summed E-state index contributed by atoms with van der Waals surface area (Å²) in [5.74, 6) is 0.937. The van der Waals surface area contributed by atoms with Gasteiger partial charge in [0.2, 0.25) is 0 Å². The highest BCUT2D eigenvalue weighted by Gasteiger charge is 2.23. The lowest BCUT2D eigenvalue weighted by molar-refractivity contribution is 0.234. The summed E-state index contributed by atoms with van der Waals surface area (Å²) in [5.41, 5.74) is 2.25. The van der Waals surface area contributed by atoms with Crippen molar-refractivity contribution >= 4 is 0 Å². The van der Waals surface area contributed by atoms with E-state index in [-0.39, 0.29) is 11.5 Å². The molecule has 0 bridgehead atoms. The zero-order valence-electron chi connectivity index (χ0n) is 12.1. The van der Waals surface area contributed by atoms with Gasteiger partial charge in [-0.25, -0.2) is 9.97 Å². The minimum absolute atomic E-state index is 0.0724. The van der Waals surface area contributed by atoms with Gasteiger partial charge >= 0.3 is 0 Å². The summed E-state index contributed by atoms with van der Waals surface area (Å²) in [5, 5.41) is 3.51. The van der Waals surface area contributed by atoms with Crippen LogP contribution in [0.5, 0.6) is 0 Å². The molecule has 0 amide bonds. The van der Waals surface area contributed by atoms with Crippen LogP contribution in [0.25, 0.3) is 0 Å². The van der Waals surface area contributed by atoms with Crippen LogP contribution >= 0.6 is 0 Å². The van der Waals surface area contributed by atoms with E-state index in [1.165, 1.54) is 0 Å². The van der Waals surface area contributed by atoms with Crippen LogP contribution in [-0.4, -0.2) is 41.5 Å². The quantitative estimate of drug-likeness (QED) is 0.820. The maximum Gasteiger partial charge on any atom is 0.147 e. The maximum absolute atomic E-state index is 4.76. The van der Waals surface area contributed by atoms with E-state index in [1.54, 1.807) is 0 Å². The molecule has 1 N–H and O–H groups in total. The monoisotopic (exact) mass is 248 g/mol. The summed E-state index contributed by atoms with van der Waals surface area (Å²) in [6, 6.07) is 2.35. The van der Waals surface area contributed by atoms with Gasteiger partial charge in [0.05, 0.1) is 6.04 Å². The van der Waals surface area contributed by atoms with Crippen LogP contribution in [0, 0.1) is 6.92 Å². The van der Waals surface area contributed by atoms with Crippen LogP contribution in [0.3, 0.4) is 0 Å². The third kappa shape index (κ3) is 3.06. The average Bonchev–Trinajstić information content (AvgIpc) is 2.27. The number of rotatable bonds is 1. The van der Waals surface area contributed by atoms with Crippen LogP contribution in [0.2, 0.25) is 0 Å². The van der Waals surface area contributed by atoms with E-state index in [1.807, 2.05) is 6.92 Å². The lowest BCUT2D eigenvalue weighted by Crippen LogP contribution is -2.44. The molecule has 4 heteroatoms. The van der Waals surface area contributed by atoms with Crippen LogP contribution in [0.4, 0.5) is 0 Å². The fourth-order valence-corrected chi connectivity index (χ4v) is 2.20. The van der Waals surface area contributed by atoms with Gasteiger partial charge in [0, 0.05) is 36.4 Å². The summed E-state index contributed by atoms with van der Waals surface area (Å²) in [6.07, 6.45) is 0. The molecule has 2 rings (SSSR count). The zero-order chi connectivity index (χ0) is 13.3. The number of likely N-dealkylation sites (N-methyl/N-ethyl adjacent to an activating group) is 1. The Morgan fingerprint density at radius 1 is 1.33 bits per heavy atom. The smallest absolute Gasteiger partial charge is 0.147 e. The largest absolute Gasteiger partial charge is 0.305 e. The first-order valence-electron chi connectivity index (χ1n) is 6.64. The van der Waals surface area contributed by atoms with Crippen molar-refractivity contribution in [2.75, 3.05) is 26.7 Å². The summed E-state index contributed by atoms with van der Waals surface area (Å²) >= 11 is 0. The summed E-state index contributed by atoms with van der Waals surface area (Å²) in [6.45, 7) is 11.7. The molecule has 2 heterocycles. The predicted octanol–water partition coefficient (Wildman–Crippen LogP) is 1.66. The van der Waals surface area contributed by atoms with Crippen molar-refractivity contribution in [1.82, 2.24) is 20.2 Å². The first-order valence-corrected chi connectivity index (χ1v) is 6.64. The third-order valence-electron chi connectivity index (χ3n) is 3.33. The number of hydrogen-bond acceptors (Lipinski definition) is 4. The molecule has 1 aliphatic heterocycles. The number of nitrogens with zero attached hydrogens (tertiary/aromatic N) is 3. The van der Waals surface area contributed by atoms with Crippen LogP contribution < -0.4 is 5.32 Å². The van der Waals surface area contributed by atoms with Gasteiger partial charge in [-0.15, -0.1) is 0 Å². The number of aromatic nitrogens is 2. The molecular formula is C14H24N4. The summed E-state index contributed by atoms with van der Waals surface area (Å²) < 4.78 is 0. The maximum atomic E-state index is 4.76. The van der Waals surface area contributed by atoms with Gasteiger partial charge in [0.25, 0.3) is 0 Å². The van der Waals surface area contributed by atoms with Gasteiger partial charge in [-0.2, -0.15) is 0 Å². The molecule has 1 saturated heterocycles. The molecule has 1 aliphatic rings. The zero-order valence-corrected chi connectivity index (χ0v) is 12.1.